The fourth-order valence-electron chi connectivity index (χ4n) is 3.32. The molecule has 1 amide bonds. The lowest BCUT2D eigenvalue weighted by Crippen LogP contribution is -2.22. The molecular weight excluding hydrogens is 416 g/mol. The van der Waals surface area contributed by atoms with Crippen molar-refractivity contribution in [3.05, 3.63) is 53.6 Å². The van der Waals surface area contributed by atoms with Gasteiger partial charge in [-0.3, -0.25) is 4.79 Å². The zero-order valence-electron chi connectivity index (χ0n) is 19.0. The predicted octanol–water partition coefficient (Wildman–Crippen LogP) is 4.60. The summed E-state index contributed by atoms with van der Waals surface area (Å²) in [7, 11) is 1.46. The number of hydrogen-bond donors (Lipinski definition) is 1. The Morgan fingerprint density at radius 1 is 1.06 bits per heavy atom. The van der Waals surface area contributed by atoms with Gasteiger partial charge in [-0.1, -0.05) is 18.2 Å². The number of nitrogens with zero attached hydrogens (tertiary/aromatic N) is 5. The van der Waals surface area contributed by atoms with E-state index in [2.05, 4.69) is 15.2 Å². The maximum absolute atomic E-state index is 11.8. The molecule has 166 valence electrons. The summed E-state index contributed by atoms with van der Waals surface area (Å²) in [6, 6.07) is 17.8. The Morgan fingerprint density at radius 2 is 1.73 bits per heavy atom. The molecule has 8 nitrogen and oxygen atoms in total. The van der Waals surface area contributed by atoms with E-state index in [1.165, 1.54) is 14.0 Å². The van der Waals surface area contributed by atoms with Crippen molar-refractivity contribution >= 4 is 34.3 Å². The number of amides is 1. The predicted molar refractivity (Wildman–Crippen MR) is 128 cm³/mol. The van der Waals surface area contributed by atoms with Gasteiger partial charge in [0.2, 0.25) is 5.91 Å². The summed E-state index contributed by atoms with van der Waals surface area (Å²) >= 11 is 0. The number of anilines is 2. The quantitative estimate of drug-likeness (QED) is 0.472. The van der Waals surface area contributed by atoms with Crippen LogP contribution in [-0.2, 0) is 4.79 Å². The smallest absolute Gasteiger partial charge is 0.221 e. The molecular formula is C25H24N6O2. The number of para-hydroxylation sites is 1. The van der Waals surface area contributed by atoms with Gasteiger partial charge >= 0.3 is 0 Å². The highest BCUT2D eigenvalue weighted by atomic mass is 16.5. The van der Waals surface area contributed by atoms with E-state index in [1.54, 1.807) is 36.4 Å². The molecule has 33 heavy (non-hydrogen) atoms. The molecule has 8 heteroatoms. The lowest BCUT2D eigenvalue weighted by Gasteiger charge is -2.22. The maximum atomic E-state index is 11.8. The van der Waals surface area contributed by atoms with E-state index in [9.17, 15) is 20.6 Å². The molecule has 2 rings (SSSR count). The summed E-state index contributed by atoms with van der Waals surface area (Å²) < 4.78 is 5.37. The molecule has 2 aromatic rings. The average molecular weight is 441 g/mol. The molecule has 0 heterocycles. The molecule has 1 N–H and O–H groups in total. The van der Waals surface area contributed by atoms with Crippen LogP contribution >= 0.6 is 0 Å². The Balaban J connectivity index is 2.79. The van der Waals surface area contributed by atoms with Crippen LogP contribution in [0, 0.1) is 34.0 Å². The molecule has 0 unspecified atom stereocenters. The summed E-state index contributed by atoms with van der Waals surface area (Å²) in [5, 5.41) is 31.8. The van der Waals surface area contributed by atoms with Gasteiger partial charge in [-0.15, -0.1) is 0 Å². The van der Waals surface area contributed by atoms with Crippen molar-refractivity contribution in [3.8, 4) is 24.0 Å². The van der Waals surface area contributed by atoms with Crippen LogP contribution in [0.4, 0.5) is 17.1 Å². The van der Waals surface area contributed by atoms with Gasteiger partial charge in [-0.25, -0.2) is 4.99 Å². The average Bonchev–Trinajstić information content (AvgIpc) is 2.83. The van der Waals surface area contributed by atoms with Crippen molar-refractivity contribution in [2.75, 3.05) is 30.4 Å². The van der Waals surface area contributed by atoms with E-state index in [0.29, 0.717) is 22.7 Å². The second-order valence-electron chi connectivity index (χ2n) is 6.80. The summed E-state index contributed by atoms with van der Waals surface area (Å²) in [6.07, 6.45) is 0. The minimum absolute atomic E-state index is 0.0570. The van der Waals surface area contributed by atoms with E-state index in [4.69, 9.17) is 4.74 Å². The summed E-state index contributed by atoms with van der Waals surface area (Å²) in [4.78, 5) is 18.4. The van der Waals surface area contributed by atoms with Gasteiger partial charge in [0, 0.05) is 31.3 Å². The Bertz CT molecular complexity index is 1200. The van der Waals surface area contributed by atoms with Crippen LogP contribution < -0.4 is 15.0 Å². The Morgan fingerprint density at radius 3 is 2.27 bits per heavy atom. The molecule has 0 spiro atoms. The zero-order chi connectivity index (χ0) is 24.4. The Labute approximate surface area is 193 Å². The topological polar surface area (TPSA) is 125 Å². The third kappa shape index (κ3) is 5.76. The van der Waals surface area contributed by atoms with Crippen molar-refractivity contribution < 1.29 is 9.53 Å². The number of hydrogen-bond acceptors (Lipinski definition) is 7. The minimum Gasteiger partial charge on any atom is -0.496 e. The number of allylic oxidation sites excluding steroid dienone is 2. The molecule has 0 aromatic heterocycles. The number of aliphatic imine (C=N–C) groups is 1. The largest absolute Gasteiger partial charge is 0.496 e. The first-order valence-corrected chi connectivity index (χ1v) is 10.3. The highest BCUT2D eigenvalue weighted by Gasteiger charge is 2.21. The highest BCUT2D eigenvalue weighted by molar-refractivity contribution is 6.34. The van der Waals surface area contributed by atoms with Gasteiger partial charge in [-0.2, -0.15) is 15.8 Å². The molecule has 0 saturated heterocycles. The third-order valence-corrected chi connectivity index (χ3v) is 4.84. The Kier molecular flexibility index (Phi) is 8.74. The second-order valence-corrected chi connectivity index (χ2v) is 6.80. The molecule has 0 aliphatic heterocycles. The number of nitriles is 3. The molecule has 0 aliphatic rings. The molecule has 2 aromatic carbocycles. The van der Waals surface area contributed by atoms with E-state index in [1.807, 2.05) is 38.1 Å². The summed E-state index contributed by atoms with van der Waals surface area (Å²) in [5.74, 6) is 0.0919. The SMILES string of the molecule is CCN(CC)c1ccc(N=C(C#N)C(=C(C#N)C#N)c2ccccc2OC)c(NC(C)=O)c1. The first-order chi connectivity index (χ1) is 15.9. The number of ether oxygens (including phenoxy) is 1. The van der Waals surface area contributed by atoms with Crippen molar-refractivity contribution in [1.82, 2.24) is 0 Å². The van der Waals surface area contributed by atoms with Crippen LogP contribution in [-0.4, -0.2) is 31.8 Å². The van der Waals surface area contributed by atoms with Crippen LogP contribution in [0.3, 0.4) is 0 Å². The number of benzene rings is 2. The lowest BCUT2D eigenvalue weighted by molar-refractivity contribution is -0.114. The standard InChI is InChI=1S/C25H24N6O2/c1-5-31(6-2)19-11-12-21(22(13-19)29-17(3)32)30-23(16-28)25(18(14-26)15-27)20-9-7-8-10-24(20)33-4/h7-13H,5-6H2,1-4H3,(H,29,32). The van der Waals surface area contributed by atoms with Gasteiger partial charge < -0.3 is 15.0 Å². The minimum atomic E-state index is -0.295. The zero-order valence-corrected chi connectivity index (χ0v) is 19.0. The van der Waals surface area contributed by atoms with Gasteiger partial charge in [0.25, 0.3) is 0 Å². The first-order valence-electron chi connectivity index (χ1n) is 10.3. The van der Waals surface area contributed by atoms with Gasteiger partial charge in [0.05, 0.1) is 24.1 Å². The normalized spacial score (nSPS) is 10.3. The van der Waals surface area contributed by atoms with Crippen LogP contribution in [0.15, 0.2) is 53.0 Å². The van der Waals surface area contributed by atoms with Crippen molar-refractivity contribution in [3.63, 3.8) is 0 Å². The van der Waals surface area contributed by atoms with Crippen LogP contribution in [0.2, 0.25) is 0 Å². The van der Waals surface area contributed by atoms with Crippen molar-refractivity contribution in [1.29, 1.82) is 15.8 Å². The second kappa shape index (κ2) is 11.7. The third-order valence-electron chi connectivity index (χ3n) is 4.84. The van der Waals surface area contributed by atoms with E-state index in [0.717, 1.165) is 18.8 Å². The highest BCUT2D eigenvalue weighted by Crippen LogP contribution is 2.34. The number of carbonyl (C=O) groups is 1. The number of nitrogens with one attached hydrogen (secondary N) is 1. The fourth-order valence-corrected chi connectivity index (χ4v) is 3.32. The number of rotatable bonds is 8. The fraction of sp³-hybridized carbons (Fsp3) is 0.240. The van der Waals surface area contributed by atoms with Gasteiger partial charge in [0.1, 0.15) is 29.5 Å². The van der Waals surface area contributed by atoms with Crippen molar-refractivity contribution in [2.24, 2.45) is 4.99 Å². The van der Waals surface area contributed by atoms with Crippen LogP contribution in [0.5, 0.6) is 5.75 Å². The van der Waals surface area contributed by atoms with E-state index >= 15 is 0 Å². The molecule has 0 bridgehead atoms. The van der Waals surface area contributed by atoms with Crippen LogP contribution in [0.1, 0.15) is 26.3 Å². The first kappa shape index (κ1) is 24.7. The molecule has 0 fully saturated rings. The van der Waals surface area contributed by atoms with Gasteiger partial charge in [0.15, 0.2) is 5.71 Å². The number of methoxy groups -OCH3 is 1. The molecule has 0 aliphatic carbocycles. The van der Waals surface area contributed by atoms with Crippen molar-refractivity contribution in [2.45, 2.75) is 20.8 Å². The van der Waals surface area contributed by atoms with E-state index in [-0.39, 0.29) is 22.8 Å². The van der Waals surface area contributed by atoms with Crippen LogP contribution in [0.25, 0.3) is 5.57 Å². The summed E-state index contributed by atoms with van der Waals surface area (Å²) in [6.45, 7) is 6.98. The van der Waals surface area contributed by atoms with E-state index < -0.39 is 0 Å². The summed E-state index contributed by atoms with van der Waals surface area (Å²) in [5.41, 5.74) is 1.63. The maximum Gasteiger partial charge on any atom is 0.221 e. The monoisotopic (exact) mass is 440 g/mol. The number of carbonyl (C=O) groups excluding carboxylic acids is 1. The molecule has 0 radical (unpaired) electrons. The lowest BCUT2D eigenvalue weighted by atomic mass is 9.95. The van der Waals surface area contributed by atoms with Gasteiger partial charge in [-0.05, 0) is 38.1 Å². The Hall–Kier alpha value is -4.61. The molecule has 0 atom stereocenters. The molecule has 0 saturated carbocycles.